The average Bonchev–Trinajstić information content (AvgIpc) is 3.02. The molecule has 0 spiro atoms. The van der Waals surface area contributed by atoms with Crippen molar-refractivity contribution in [2.75, 3.05) is 31.6 Å². The largest absolute Gasteiger partial charge is 0.493 e. The normalized spacial score (nSPS) is 12.6. The number of hydrogen-bond acceptors (Lipinski definition) is 6. The van der Waals surface area contributed by atoms with Gasteiger partial charge >= 0.3 is 0 Å². The van der Waals surface area contributed by atoms with Crippen molar-refractivity contribution in [3.8, 4) is 11.5 Å². The number of ether oxygens (including phenoxy) is 2. The van der Waals surface area contributed by atoms with Gasteiger partial charge in [-0.1, -0.05) is 61.9 Å². The molecule has 232 valence electrons. The van der Waals surface area contributed by atoms with E-state index >= 15 is 0 Å². The Kier molecular flexibility index (Phi) is 12.0. The zero-order valence-electron chi connectivity index (χ0n) is 25.9. The quantitative estimate of drug-likeness (QED) is 0.261. The Labute approximate surface area is 255 Å². The number of rotatable bonds is 15. The fourth-order valence-corrected chi connectivity index (χ4v) is 6.11. The Balaban J connectivity index is 2.05. The van der Waals surface area contributed by atoms with Gasteiger partial charge < -0.3 is 19.7 Å². The molecule has 0 aliphatic carbocycles. The summed E-state index contributed by atoms with van der Waals surface area (Å²) < 4.78 is 40.0. The second-order valence-corrected chi connectivity index (χ2v) is 12.3. The van der Waals surface area contributed by atoms with Crippen LogP contribution < -0.4 is 19.1 Å². The van der Waals surface area contributed by atoms with Crippen molar-refractivity contribution in [2.45, 2.75) is 63.9 Å². The molecule has 0 aromatic heterocycles. The molecule has 0 unspecified atom stereocenters. The van der Waals surface area contributed by atoms with Gasteiger partial charge in [-0.3, -0.25) is 13.9 Å². The highest BCUT2D eigenvalue weighted by atomic mass is 32.2. The summed E-state index contributed by atoms with van der Waals surface area (Å²) >= 11 is 0. The molecule has 3 aromatic carbocycles. The smallest absolute Gasteiger partial charge is 0.264 e. The number of nitrogens with zero attached hydrogens (tertiary/aromatic N) is 2. The van der Waals surface area contributed by atoms with E-state index in [1.165, 1.54) is 37.3 Å². The van der Waals surface area contributed by atoms with Crippen molar-refractivity contribution in [1.82, 2.24) is 10.2 Å². The van der Waals surface area contributed by atoms with Gasteiger partial charge in [0.1, 0.15) is 12.6 Å². The van der Waals surface area contributed by atoms with Gasteiger partial charge in [0.05, 0.1) is 24.8 Å². The van der Waals surface area contributed by atoms with E-state index in [1.54, 1.807) is 24.3 Å². The number of anilines is 1. The lowest BCUT2D eigenvalue weighted by Crippen LogP contribution is -2.54. The molecule has 2 amide bonds. The Morgan fingerprint density at radius 1 is 0.884 bits per heavy atom. The summed E-state index contributed by atoms with van der Waals surface area (Å²) in [5.41, 5.74) is 2.27. The predicted octanol–water partition coefficient (Wildman–Crippen LogP) is 4.97. The minimum absolute atomic E-state index is 0.0593. The van der Waals surface area contributed by atoms with Crippen LogP contribution in [-0.2, 0) is 26.0 Å². The first kappa shape index (κ1) is 33.5. The van der Waals surface area contributed by atoms with Crippen LogP contribution in [-0.4, -0.2) is 64.5 Å². The van der Waals surface area contributed by atoms with Crippen LogP contribution in [0, 0.1) is 6.92 Å². The van der Waals surface area contributed by atoms with Gasteiger partial charge in [0.2, 0.25) is 11.8 Å². The molecule has 3 rings (SSSR count). The molecule has 0 aliphatic heterocycles. The highest BCUT2D eigenvalue weighted by Gasteiger charge is 2.34. The molecule has 0 fully saturated rings. The number of benzene rings is 3. The second kappa shape index (κ2) is 15.4. The number of carbonyl (C=O) groups is 2. The molecular formula is C33H43N3O6S. The molecule has 3 aromatic rings. The van der Waals surface area contributed by atoms with Crippen LogP contribution in [0.4, 0.5) is 5.69 Å². The van der Waals surface area contributed by atoms with E-state index in [1.807, 2.05) is 58.0 Å². The van der Waals surface area contributed by atoms with Crippen LogP contribution >= 0.6 is 0 Å². The summed E-state index contributed by atoms with van der Waals surface area (Å²) in [6.45, 7) is 7.38. The summed E-state index contributed by atoms with van der Waals surface area (Å²) in [5.74, 6) is -0.116. The first-order chi connectivity index (χ1) is 20.5. The van der Waals surface area contributed by atoms with Crippen LogP contribution in [0.2, 0.25) is 0 Å². The molecule has 0 radical (unpaired) electrons. The van der Waals surface area contributed by atoms with Gasteiger partial charge in [-0.2, -0.15) is 0 Å². The maximum atomic E-state index is 14.2. The predicted molar refractivity (Wildman–Crippen MR) is 169 cm³/mol. The van der Waals surface area contributed by atoms with E-state index in [4.69, 9.17) is 9.47 Å². The van der Waals surface area contributed by atoms with Gasteiger partial charge in [-0.05, 0) is 62.9 Å². The summed E-state index contributed by atoms with van der Waals surface area (Å²) in [4.78, 5) is 29.0. The molecule has 2 atom stereocenters. The van der Waals surface area contributed by atoms with Crippen molar-refractivity contribution in [3.05, 3.63) is 83.9 Å². The van der Waals surface area contributed by atoms with Crippen molar-refractivity contribution in [2.24, 2.45) is 0 Å². The van der Waals surface area contributed by atoms with Gasteiger partial charge in [-0.15, -0.1) is 0 Å². The molecule has 1 N–H and O–H groups in total. The van der Waals surface area contributed by atoms with Crippen LogP contribution in [0.1, 0.15) is 44.7 Å². The van der Waals surface area contributed by atoms with Gasteiger partial charge in [0.15, 0.2) is 11.5 Å². The average molecular weight is 610 g/mol. The third-order valence-corrected chi connectivity index (χ3v) is 9.18. The third-order valence-electron chi connectivity index (χ3n) is 7.41. The Hall–Kier alpha value is -4.05. The van der Waals surface area contributed by atoms with E-state index in [-0.39, 0.29) is 29.1 Å². The molecule has 43 heavy (non-hydrogen) atoms. The highest BCUT2D eigenvalue weighted by molar-refractivity contribution is 7.92. The maximum Gasteiger partial charge on any atom is 0.264 e. The van der Waals surface area contributed by atoms with Gasteiger partial charge in [0.25, 0.3) is 10.0 Å². The Bertz CT molecular complexity index is 1460. The number of aryl methyl sites for hydroxylation is 1. The second-order valence-electron chi connectivity index (χ2n) is 10.4. The zero-order chi connectivity index (χ0) is 31.6. The molecule has 0 saturated heterocycles. The van der Waals surface area contributed by atoms with Crippen LogP contribution in [0.25, 0.3) is 0 Å². The van der Waals surface area contributed by atoms with Gasteiger partial charge in [-0.25, -0.2) is 8.42 Å². The van der Waals surface area contributed by atoms with Crippen LogP contribution in [0.15, 0.2) is 77.7 Å². The van der Waals surface area contributed by atoms with E-state index in [9.17, 15) is 18.0 Å². The number of methoxy groups -OCH3 is 2. The molecule has 9 nitrogen and oxygen atoms in total. The lowest BCUT2D eigenvalue weighted by Gasteiger charge is -2.33. The maximum absolute atomic E-state index is 14.2. The number of amides is 2. The topological polar surface area (TPSA) is 105 Å². The summed E-state index contributed by atoms with van der Waals surface area (Å²) in [6, 6.07) is 20.1. The fourth-order valence-electron chi connectivity index (χ4n) is 4.68. The fraction of sp³-hybridized carbons (Fsp3) is 0.394. The Morgan fingerprint density at radius 2 is 1.53 bits per heavy atom. The lowest BCUT2D eigenvalue weighted by molar-refractivity contribution is -0.139. The molecule has 0 aliphatic rings. The molecule has 10 heteroatoms. The van der Waals surface area contributed by atoms with E-state index < -0.39 is 28.5 Å². The van der Waals surface area contributed by atoms with Gasteiger partial charge in [0, 0.05) is 18.7 Å². The molecule has 0 heterocycles. The van der Waals surface area contributed by atoms with Crippen molar-refractivity contribution in [3.63, 3.8) is 0 Å². The van der Waals surface area contributed by atoms with Crippen LogP contribution in [0.5, 0.6) is 11.5 Å². The van der Waals surface area contributed by atoms with E-state index in [0.29, 0.717) is 24.3 Å². The first-order valence-corrected chi connectivity index (χ1v) is 15.9. The van der Waals surface area contributed by atoms with E-state index in [0.717, 1.165) is 21.9 Å². The standard InChI is InChI=1S/C33H43N3O6S/c1-7-25(4)34-33(38)29(8-2)35(21-20-26-12-10-9-11-13-26)32(37)23-36(27-16-14-24(3)15-17-27)43(39,40)28-18-19-30(41-5)31(22-28)42-6/h9-19,22,25,29H,7-8,20-21,23H2,1-6H3,(H,34,38)/t25-,29-/m1/s1. The Morgan fingerprint density at radius 3 is 2.12 bits per heavy atom. The summed E-state index contributed by atoms with van der Waals surface area (Å²) in [6.07, 6.45) is 1.62. The third kappa shape index (κ3) is 8.50. The monoisotopic (exact) mass is 609 g/mol. The van der Waals surface area contributed by atoms with Crippen molar-refractivity contribution < 1.29 is 27.5 Å². The number of carbonyl (C=O) groups excluding carboxylic acids is 2. The number of nitrogens with one attached hydrogen (secondary N) is 1. The number of sulfonamides is 1. The van der Waals surface area contributed by atoms with E-state index in [2.05, 4.69) is 5.32 Å². The highest BCUT2D eigenvalue weighted by Crippen LogP contribution is 2.32. The summed E-state index contributed by atoms with van der Waals surface area (Å²) in [7, 11) is -1.35. The molecular weight excluding hydrogens is 566 g/mol. The minimum atomic E-state index is -4.25. The van der Waals surface area contributed by atoms with Crippen molar-refractivity contribution in [1.29, 1.82) is 0 Å². The minimum Gasteiger partial charge on any atom is -0.493 e. The SMILES string of the molecule is CC[C@@H](C)NC(=O)[C@@H](CC)N(CCc1ccccc1)C(=O)CN(c1ccc(C)cc1)S(=O)(=O)c1ccc(OC)c(OC)c1. The molecule has 0 bridgehead atoms. The van der Waals surface area contributed by atoms with Crippen molar-refractivity contribution >= 4 is 27.5 Å². The van der Waals surface area contributed by atoms with Crippen LogP contribution in [0.3, 0.4) is 0 Å². The molecule has 0 saturated carbocycles. The summed E-state index contributed by atoms with van der Waals surface area (Å²) in [5, 5.41) is 2.99. The first-order valence-electron chi connectivity index (χ1n) is 14.5. The zero-order valence-corrected chi connectivity index (χ0v) is 26.7. The lowest BCUT2D eigenvalue weighted by atomic mass is 10.1. The number of hydrogen-bond donors (Lipinski definition) is 1.